The molecule has 0 unspecified atom stereocenters. The molecule has 0 fully saturated rings. The number of nitrogens with one attached hydrogen (secondary N) is 1. The fraction of sp³-hybridized carbons (Fsp3) is 0.412. The number of rotatable bonds is 8. The molecule has 27 heavy (non-hydrogen) atoms. The first-order valence-corrected chi connectivity index (χ1v) is 9.67. The van der Waals surface area contributed by atoms with Crippen LogP contribution in [0.1, 0.15) is 31.1 Å². The minimum atomic E-state index is -3.84. The van der Waals surface area contributed by atoms with Gasteiger partial charge in [0, 0.05) is 18.8 Å². The Morgan fingerprint density at radius 3 is 2.44 bits per heavy atom. The summed E-state index contributed by atoms with van der Waals surface area (Å²) in [5.41, 5.74) is -0.385. The lowest BCUT2D eigenvalue weighted by Crippen LogP contribution is -2.33. The van der Waals surface area contributed by atoms with Crippen LogP contribution >= 0.6 is 11.6 Å². The third-order valence-electron chi connectivity index (χ3n) is 3.79. The number of hydrogen-bond acceptors (Lipinski definition) is 7. The van der Waals surface area contributed by atoms with E-state index in [2.05, 4.69) is 0 Å². The molecule has 0 aliphatic carbocycles. The number of carbonyl (C=O) groups is 2. The van der Waals surface area contributed by atoms with Crippen molar-refractivity contribution in [2.24, 2.45) is 5.92 Å². The van der Waals surface area contributed by atoms with Gasteiger partial charge in [-0.2, -0.15) is 9.57 Å². The highest BCUT2D eigenvalue weighted by Gasteiger charge is 2.26. The molecule has 0 aliphatic heterocycles. The molecule has 0 radical (unpaired) electrons. The molecule has 0 spiro atoms. The van der Waals surface area contributed by atoms with Crippen LogP contribution in [0.3, 0.4) is 0 Å². The van der Waals surface area contributed by atoms with Gasteiger partial charge in [0.05, 0.1) is 21.6 Å². The van der Waals surface area contributed by atoms with Crippen molar-refractivity contribution in [1.29, 1.82) is 10.7 Å². The Balaban J connectivity index is 3.08. The lowest BCUT2D eigenvalue weighted by atomic mass is 10.0. The van der Waals surface area contributed by atoms with Gasteiger partial charge in [-0.05, 0) is 39.0 Å². The number of nitrogens with zero attached hydrogens (tertiary/aromatic N) is 2. The maximum atomic E-state index is 12.5. The normalized spacial score (nSPS) is 12.5. The van der Waals surface area contributed by atoms with Crippen LogP contribution < -0.4 is 0 Å². The predicted octanol–water partition coefficient (Wildman–Crippen LogP) is 2.27. The highest BCUT2D eigenvalue weighted by atomic mass is 35.5. The summed E-state index contributed by atoms with van der Waals surface area (Å²) in [6.45, 7) is 3.97. The van der Waals surface area contributed by atoms with E-state index in [0.29, 0.717) is 0 Å². The summed E-state index contributed by atoms with van der Waals surface area (Å²) in [6.07, 6.45) is 0. The van der Waals surface area contributed by atoms with Crippen LogP contribution in [0.5, 0.6) is 0 Å². The van der Waals surface area contributed by atoms with Crippen molar-refractivity contribution >= 4 is 39.1 Å². The van der Waals surface area contributed by atoms with E-state index in [-0.39, 0.29) is 27.2 Å². The van der Waals surface area contributed by atoms with Gasteiger partial charge in [0.15, 0.2) is 12.4 Å². The van der Waals surface area contributed by atoms with Crippen LogP contribution in [0.4, 0.5) is 0 Å². The Kier molecular flexibility index (Phi) is 7.65. The summed E-state index contributed by atoms with van der Waals surface area (Å²) in [6, 6.07) is 4.95. The van der Waals surface area contributed by atoms with E-state index in [9.17, 15) is 18.0 Å². The van der Waals surface area contributed by atoms with Gasteiger partial charge in [0.1, 0.15) is 5.92 Å². The van der Waals surface area contributed by atoms with Gasteiger partial charge in [0.25, 0.3) is 0 Å². The number of sulfonamides is 1. The third kappa shape index (κ3) is 5.35. The molecule has 1 aromatic rings. The molecule has 10 heteroatoms. The zero-order valence-corrected chi connectivity index (χ0v) is 16.9. The van der Waals surface area contributed by atoms with Gasteiger partial charge >= 0.3 is 5.97 Å². The monoisotopic (exact) mass is 413 g/mol. The number of carbonyl (C=O) groups excluding carboxylic acids is 2. The van der Waals surface area contributed by atoms with Crippen molar-refractivity contribution in [2.75, 3.05) is 13.7 Å². The third-order valence-corrected chi connectivity index (χ3v) is 6.15. The topological polar surface area (TPSA) is 128 Å². The molecule has 0 bridgehead atoms. The number of ketones is 1. The number of esters is 1. The number of nitriles is 1. The summed E-state index contributed by atoms with van der Waals surface area (Å²) < 4.78 is 31.1. The first-order chi connectivity index (χ1) is 12.4. The van der Waals surface area contributed by atoms with Crippen molar-refractivity contribution in [3.63, 3.8) is 0 Å². The van der Waals surface area contributed by atoms with Gasteiger partial charge in [-0.25, -0.2) is 13.2 Å². The molecule has 0 aliphatic rings. The zero-order valence-electron chi connectivity index (χ0n) is 15.3. The van der Waals surface area contributed by atoms with E-state index in [1.165, 1.54) is 26.1 Å². The highest BCUT2D eigenvalue weighted by Crippen LogP contribution is 2.24. The number of hydrogen-bond donors (Lipinski definition) is 1. The number of halogens is 1. The fourth-order valence-corrected chi connectivity index (χ4v) is 3.56. The van der Waals surface area contributed by atoms with Gasteiger partial charge in [-0.3, -0.25) is 4.79 Å². The van der Waals surface area contributed by atoms with E-state index >= 15 is 0 Å². The SMILES string of the molecule is CC(=N)[C@@H](C#N)C(=O)COC(=O)c1cc(S(=O)(=O)N(C)C(C)C)ccc1Cl. The molecule has 0 heterocycles. The number of ether oxygens (including phenoxy) is 1. The van der Waals surface area contributed by atoms with E-state index in [1.807, 2.05) is 0 Å². The molecule has 146 valence electrons. The Morgan fingerprint density at radius 1 is 1.37 bits per heavy atom. The maximum Gasteiger partial charge on any atom is 0.340 e. The van der Waals surface area contributed by atoms with Crippen LogP contribution in [-0.4, -0.2) is 49.9 Å². The summed E-state index contributed by atoms with van der Waals surface area (Å²) >= 11 is 5.96. The molecule has 1 aromatic carbocycles. The average Bonchev–Trinajstić information content (AvgIpc) is 2.59. The van der Waals surface area contributed by atoms with E-state index in [0.717, 1.165) is 10.4 Å². The van der Waals surface area contributed by atoms with Crippen LogP contribution in [0.2, 0.25) is 5.02 Å². The van der Waals surface area contributed by atoms with Crippen molar-refractivity contribution < 1.29 is 22.7 Å². The Morgan fingerprint density at radius 2 is 1.96 bits per heavy atom. The lowest BCUT2D eigenvalue weighted by molar-refractivity contribution is -0.122. The molecule has 1 N–H and O–H groups in total. The van der Waals surface area contributed by atoms with Gasteiger partial charge in [-0.15, -0.1) is 0 Å². The van der Waals surface area contributed by atoms with Crippen LogP contribution in [0, 0.1) is 22.7 Å². The van der Waals surface area contributed by atoms with Crippen LogP contribution in [0.25, 0.3) is 0 Å². The summed E-state index contributed by atoms with van der Waals surface area (Å²) in [4.78, 5) is 23.9. The molecular formula is C17H20ClN3O5S. The summed E-state index contributed by atoms with van der Waals surface area (Å²) in [5, 5.41) is 16.2. The Labute approximate surface area is 163 Å². The van der Waals surface area contributed by atoms with Gasteiger partial charge in [0.2, 0.25) is 10.0 Å². The highest BCUT2D eigenvalue weighted by molar-refractivity contribution is 7.89. The summed E-state index contributed by atoms with van der Waals surface area (Å²) in [5.74, 6) is -3.06. The van der Waals surface area contributed by atoms with Crippen molar-refractivity contribution in [3.05, 3.63) is 28.8 Å². The van der Waals surface area contributed by atoms with Gasteiger partial charge < -0.3 is 10.1 Å². The molecule has 0 saturated carbocycles. The smallest absolute Gasteiger partial charge is 0.340 e. The number of Topliss-reactive ketones (excluding diaryl/α,β-unsaturated/α-hetero) is 1. The van der Waals surface area contributed by atoms with Crippen molar-refractivity contribution in [2.45, 2.75) is 31.7 Å². The predicted molar refractivity (Wildman–Crippen MR) is 99.3 cm³/mol. The molecule has 0 saturated heterocycles. The second-order valence-corrected chi connectivity index (χ2v) is 8.45. The molecule has 1 rings (SSSR count). The Bertz CT molecular complexity index is 906. The van der Waals surface area contributed by atoms with Gasteiger partial charge in [-0.1, -0.05) is 11.6 Å². The van der Waals surface area contributed by atoms with Crippen molar-refractivity contribution in [1.82, 2.24) is 4.31 Å². The van der Waals surface area contributed by atoms with Crippen LogP contribution in [0.15, 0.2) is 23.1 Å². The lowest BCUT2D eigenvalue weighted by Gasteiger charge is -2.21. The molecule has 1 atom stereocenters. The van der Waals surface area contributed by atoms with E-state index in [1.54, 1.807) is 19.9 Å². The van der Waals surface area contributed by atoms with E-state index in [4.69, 9.17) is 27.0 Å². The average molecular weight is 414 g/mol. The maximum absolute atomic E-state index is 12.5. The molecule has 0 aromatic heterocycles. The molecular weight excluding hydrogens is 394 g/mol. The zero-order chi connectivity index (χ0) is 20.9. The second-order valence-electron chi connectivity index (χ2n) is 6.04. The standard InChI is InChI=1S/C17H20ClN3O5S/c1-10(2)21(4)27(24,25)12-5-6-15(18)13(7-12)17(23)26-9-16(22)14(8-19)11(3)20/h5-7,10,14,20H,9H2,1-4H3/t14-/m1/s1. The molecule has 0 amide bonds. The molecule has 8 nitrogen and oxygen atoms in total. The number of benzene rings is 1. The van der Waals surface area contributed by atoms with Crippen LogP contribution in [-0.2, 0) is 19.6 Å². The summed E-state index contributed by atoms with van der Waals surface area (Å²) in [7, 11) is -2.43. The second kappa shape index (κ2) is 9.08. The Hall–Kier alpha value is -2.28. The first kappa shape index (κ1) is 22.8. The fourth-order valence-electron chi connectivity index (χ4n) is 1.97. The minimum absolute atomic E-state index is 0.0429. The first-order valence-electron chi connectivity index (χ1n) is 7.85. The quantitative estimate of drug-likeness (QED) is 0.514. The largest absolute Gasteiger partial charge is 0.454 e. The van der Waals surface area contributed by atoms with E-state index < -0.39 is 34.3 Å². The van der Waals surface area contributed by atoms with Crippen molar-refractivity contribution in [3.8, 4) is 6.07 Å². The minimum Gasteiger partial charge on any atom is -0.454 e.